The molecular weight excluding hydrogens is 232 g/mol. The van der Waals surface area contributed by atoms with Crippen molar-refractivity contribution in [3.8, 4) is 0 Å². The quantitative estimate of drug-likeness (QED) is 0.763. The van der Waals surface area contributed by atoms with Gasteiger partial charge in [0.05, 0.1) is 9.92 Å². The zero-order valence-electron chi connectivity index (χ0n) is 8.27. The molecule has 1 rings (SSSR count). The smallest absolute Gasteiger partial charge is 0.203 e. The summed E-state index contributed by atoms with van der Waals surface area (Å²) < 4.78 is 23.9. The lowest BCUT2D eigenvalue weighted by atomic mass is 10.4. The van der Waals surface area contributed by atoms with Crippen molar-refractivity contribution in [3.05, 3.63) is 52.9 Å². The summed E-state index contributed by atoms with van der Waals surface area (Å²) in [5.74, 6) is 0. The van der Waals surface area contributed by atoms with Gasteiger partial charge in [0, 0.05) is 4.91 Å². The second-order valence-corrected chi connectivity index (χ2v) is 5.44. The predicted molar refractivity (Wildman–Crippen MR) is 62.6 cm³/mol. The van der Waals surface area contributed by atoms with Gasteiger partial charge < -0.3 is 0 Å². The van der Waals surface area contributed by atoms with Crippen LogP contribution in [0.15, 0.2) is 52.8 Å². The number of rotatable bonds is 3. The van der Waals surface area contributed by atoms with E-state index in [-0.39, 0.29) is 14.8 Å². The summed E-state index contributed by atoms with van der Waals surface area (Å²) in [5, 5.41) is 0.231. The van der Waals surface area contributed by atoms with Gasteiger partial charge in [0.2, 0.25) is 9.84 Å². The Kier molecular flexibility index (Phi) is 3.72. The lowest BCUT2D eigenvalue weighted by Crippen LogP contribution is -2.02. The molecule has 0 radical (unpaired) electrons. The van der Waals surface area contributed by atoms with Crippen LogP contribution in [0.5, 0.6) is 0 Å². The Morgan fingerprint density at radius 3 is 2.53 bits per heavy atom. The van der Waals surface area contributed by atoms with Gasteiger partial charge in [-0.05, 0) is 25.1 Å². The van der Waals surface area contributed by atoms with Gasteiger partial charge in [-0.25, -0.2) is 8.42 Å². The number of sulfone groups is 1. The van der Waals surface area contributed by atoms with Gasteiger partial charge >= 0.3 is 0 Å². The number of benzene rings is 1. The van der Waals surface area contributed by atoms with Crippen molar-refractivity contribution in [1.29, 1.82) is 0 Å². The molecule has 0 heterocycles. The minimum absolute atomic E-state index is 0.127. The molecule has 2 nitrogen and oxygen atoms in total. The highest BCUT2D eigenvalue weighted by molar-refractivity contribution is 7.95. The Balaban J connectivity index is 3.36. The average Bonchev–Trinajstić information content (AvgIpc) is 2.18. The molecule has 0 unspecified atom stereocenters. The highest BCUT2D eigenvalue weighted by atomic mass is 35.5. The van der Waals surface area contributed by atoms with Gasteiger partial charge in [-0.1, -0.05) is 36.4 Å². The van der Waals surface area contributed by atoms with Crippen LogP contribution < -0.4 is 0 Å². The third kappa shape index (κ3) is 2.49. The van der Waals surface area contributed by atoms with Gasteiger partial charge in [0.25, 0.3) is 0 Å². The van der Waals surface area contributed by atoms with E-state index in [0.717, 1.165) is 0 Å². The first kappa shape index (κ1) is 12.0. The van der Waals surface area contributed by atoms with Crippen molar-refractivity contribution < 1.29 is 8.42 Å². The minimum atomic E-state index is -3.47. The molecule has 0 fully saturated rings. The first-order valence-electron chi connectivity index (χ1n) is 4.29. The molecule has 0 aliphatic heterocycles. The van der Waals surface area contributed by atoms with Gasteiger partial charge in [0.15, 0.2) is 0 Å². The van der Waals surface area contributed by atoms with Crippen LogP contribution in [-0.2, 0) is 9.84 Å². The van der Waals surface area contributed by atoms with Gasteiger partial charge in [-0.3, -0.25) is 0 Å². The maximum absolute atomic E-state index is 11.9. The highest BCUT2D eigenvalue weighted by Gasteiger charge is 2.18. The van der Waals surface area contributed by atoms with Crippen LogP contribution in [0.3, 0.4) is 0 Å². The summed E-state index contributed by atoms with van der Waals surface area (Å²) in [6, 6.07) is 6.36. The van der Waals surface area contributed by atoms with E-state index in [0.29, 0.717) is 0 Å². The summed E-state index contributed by atoms with van der Waals surface area (Å²) in [6.45, 7) is 4.97. The molecule has 0 bridgehead atoms. The van der Waals surface area contributed by atoms with Crippen molar-refractivity contribution in [3.63, 3.8) is 0 Å². The molecule has 1 aromatic rings. The molecule has 80 valence electrons. The fourth-order valence-corrected chi connectivity index (χ4v) is 2.74. The van der Waals surface area contributed by atoms with E-state index in [4.69, 9.17) is 11.6 Å². The van der Waals surface area contributed by atoms with Gasteiger partial charge in [-0.2, -0.15) is 0 Å². The summed E-state index contributed by atoms with van der Waals surface area (Å²) in [7, 11) is -3.47. The Morgan fingerprint density at radius 2 is 2.00 bits per heavy atom. The minimum Gasteiger partial charge on any atom is -0.219 e. The molecule has 0 saturated heterocycles. The van der Waals surface area contributed by atoms with E-state index in [9.17, 15) is 8.42 Å². The molecule has 0 aliphatic carbocycles. The average molecular weight is 243 g/mol. The molecule has 0 N–H and O–H groups in total. The first-order valence-corrected chi connectivity index (χ1v) is 6.15. The van der Waals surface area contributed by atoms with Crippen molar-refractivity contribution in [2.24, 2.45) is 0 Å². The number of hydrogen-bond acceptors (Lipinski definition) is 2. The Bertz CT molecular complexity index is 501. The normalized spacial score (nSPS) is 12.5. The molecule has 0 amide bonds. The predicted octanol–water partition coefficient (Wildman–Crippen LogP) is 3.20. The topological polar surface area (TPSA) is 34.1 Å². The fraction of sp³-hybridized carbons (Fsp3) is 0.0909. The van der Waals surface area contributed by atoms with E-state index in [1.807, 2.05) is 0 Å². The molecule has 4 heteroatoms. The third-order valence-corrected chi connectivity index (χ3v) is 4.26. The number of halogens is 1. The third-order valence-electron chi connectivity index (χ3n) is 1.90. The van der Waals surface area contributed by atoms with Crippen LogP contribution in [0.4, 0.5) is 0 Å². The summed E-state index contributed by atoms with van der Waals surface area (Å²) in [4.78, 5) is 0.355. The van der Waals surface area contributed by atoms with Crippen molar-refractivity contribution in [1.82, 2.24) is 0 Å². The first-order chi connectivity index (χ1) is 7.00. The van der Waals surface area contributed by atoms with Crippen molar-refractivity contribution in [2.45, 2.75) is 11.8 Å². The van der Waals surface area contributed by atoms with E-state index < -0.39 is 9.84 Å². The summed E-state index contributed by atoms with van der Waals surface area (Å²) >= 11 is 5.82. The van der Waals surface area contributed by atoms with Crippen LogP contribution in [-0.4, -0.2) is 8.42 Å². The lowest BCUT2D eigenvalue weighted by Gasteiger charge is -2.05. The van der Waals surface area contributed by atoms with Gasteiger partial charge in [0.1, 0.15) is 0 Å². The molecule has 1 aromatic carbocycles. The van der Waals surface area contributed by atoms with E-state index >= 15 is 0 Å². The Morgan fingerprint density at radius 1 is 1.40 bits per heavy atom. The molecule has 0 spiro atoms. The largest absolute Gasteiger partial charge is 0.219 e. The second kappa shape index (κ2) is 4.64. The lowest BCUT2D eigenvalue weighted by molar-refractivity contribution is 0.602. The maximum Gasteiger partial charge on any atom is 0.203 e. The molecule has 15 heavy (non-hydrogen) atoms. The molecule has 0 aromatic heterocycles. The summed E-state index contributed by atoms with van der Waals surface area (Å²) in [5.41, 5.74) is 0. The molecular formula is C11H11ClO2S. The zero-order chi connectivity index (χ0) is 11.5. The molecule has 0 saturated carbocycles. The monoisotopic (exact) mass is 242 g/mol. The number of allylic oxidation sites excluding steroid dienone is 3. The van der Waals surface area contributed by atoms with Crippen molar-refractivity contribution >= 4 is 21.4 Å². The van der Waals surface area contributed by atoms with E-state index in [1.165, 1.54) is 25.1 Å². The van der Waals surface area contributed by atoms with Crippen LogP contribution in [0, 0.1) is 0 Å². The Hall–Kier alpha value is -1.06. The molecule has 0 aliphatic rings. The van der Waals surface area contributed by atoms with E-state index in [2.05, 4.69) is 6.58 Å². The Labute approximate surface area is 94.8 Å². The summed E-state index contributed by atoms with van der Waals surface area (Å²) in [6.07, 6.45) is 2.88. The van der Waals surface area contributed by atoms with Crippen LogP contribution >= 0.6 is 11.6 Å². The van der Waals surface area contributed by atoms with Crippen LogP contribution in [0.1, 0.15) is 6.92 Å². The van der Waals surface area contributed by atoms with Crippen LogP contribution in [0.25, 0.3) is 0 Å². The fourth-order valence-electron chi connectivity index (χ4n) is 1.09. The maximum atomic E-state index is 11.9. The standard InChI is InChI=1S/C11H11ClO2S/c1-3-6-9(2)15(13,14)11-8-5-4-7-10(11)12/h3-8H,1H2,2H3/b9-6+. The molecule has 0 atom stereocenters. The van der Waals surface area contributed by atoms with Gasteiger partial charge in [-0.15, -0.1) is 0 Å². The SMILES string of the molecule is C=C/C=C(\C)S(=O)(=O)c1ccccc1Cl. The van der Waals surface area contributed by atoms with Crippen molar-refractivity contribution in [2.75, 3.05) is 0 Å². The highest BCUT2D eigenvalue weighted by Crippen LogP contribution is 2.25. The van der Waals surface area contributed by atoms with Crippen LogP contribution in [0.2, 0.25) is 5.02 Å². The zero-order valence-corrected chi connectivity index (χ0v) is 9.85. The van der Waals surface area contributed by atoms with E-state index in [1.54, 1.807) is 18.2 Å². The number of hydrogen-bond donors (Lipinski definition) is 0. The second-order valence-electron chi connectivity index (χ2n) is 2.95.